The smallest absolute Gasteiger partial charge is 0.387 e. The van der Waals surface area contributed by atoms with Gasteiger partial charge in [0.25, 0.3) is 0 Å². The molecule has 0 spiro atoms. The molecular weight excluding hydrogens is 278 g/mol. The monoisotopic (exact) mass is 298 g/mol. The van der Waals surface area contributed by atoms with Gasteiger partial charge in [0.1, 0.15) is 5.75 Å². The number of halogens is 2. The second-order valence-electron chi connectivity index (χ2n) is 5.44. The van der Waals surface area contributed by atoms with E-state index in [1.54, 1.807) is 12.1 Å². The minimum atomic E-state index is -2.81. The Morgan fingerprint density at radius 1 is 1.38 bits per heavy atom. The molecule has 1 aliphatic carbocycles. The third kappa shape index (κ3) is 6.08. The van der Waals surface area contributed by atoms with Gasteiger partial charge in [-0.1, -0.05) is 12.1 Å². The first kappa shape index (κ1) is 15.7. The van der Waals surface area contributed by atoms with Gasteiger partial charge in [-0.15, -0.1) is 0 Å². The van der Waals surface area contributed by atoms with Crippen LogP contribution in [-0.4, -0.2) is 37.6 Å². The number of amides is 1. The predicted molar refractivity (Wildman–Crippen MR) is 75.1 cm³/mol. The number of carbonyl (C=O) groups excluding carboxylic acids is 1. The molecule has 0 radical (unpaired) electrons. The van der Waals surface area contributed by atoms with Gasteiger partial charge in [0.15, 0.2) is 0 Å². The van der Waals surface area contributed by atoms with Crippen molar-refractivity contribution in [1.82, 2.24) is 10.2 Å². The van der Waals surface area contributed by atoms with Crippen LogP contribution in [0.2, 0.25) is 0 Å². The molecule has 2 rings (SSSR count). The highest BCUT2D eigenvalue weighted by Crippen LogP contribution is 2.27. The van der Waals surface area contributed by atoms with E-state index >= 15 is 0 Å². The Balaban J connectivity index is 1.73. The van der Waals surface area contributed by atoms with E-state index < -0.39 is 6.61 Å². The second kappa shape index (κ2) is 7.36. The van der Waals surface area contributed by atoms with Crippen molar-refractivity contribution in [3.05, 3.63) is 29.8 Å². The van der Waals surface area contributed by atoms with Crippen molar-refractivity contribution >= 4 is 5.91 Å². The summed E-state index contributed by atoms with van der Waals surface area (Å²) in [5, 5.41) is 2.91. The average Bonchev–Trinajstić information content (AvgIpc) is 3.22. The number of nitrogens with zero attached hydrogens (tertiary/aromatic N) is 1. The predicted octanol–water partition coefficient (Wildman–Crippen LogP) is 2.25. The van der Waals surface area contributed by atoms with Crippen LogP contribution in [0.1, 0.15) is 18.4 Å². The Hall–Kier alpha value is -1.69. The van der Waals surface area contributed by atoms with E-state index in [-0.39, 0.29) is 11.7 Å². The van der Waals surface area contributed by atoms with Gasteiger partial charge in [-0.25, -0.2) is 0 Å². The minimum absolute atomic E-state index is 0.0158. The lowest BCUT2D eigenvalue weighted by Gasteiger charge is -2.16. The molecule has 1 fully saturated rings. The van der Waals surface area contributed by atoms with E-state index in [4.69, 9.17) is 0 Å². The van der Waals surface area contributed by atoms with E-state index in [2.05, 4.69) is 10.1 Å². The van der Waals surface area contributed by atoms with Crippen LogP contribution in [0.3, 0.4) is 0 Å². The summed E-state index contributed by atoms with van der Waals surface area (Å²) in [4.78, 5) is 13.6. The third-order valence-corrected chi connectivity index (χ3v) is 3.30. The van der Waals surface area contributed by atoms with Gasteiger partial charge in [-0.05, 0) is 43.5 Å². The maximum Gasteiger partial charge on any atom is 0.387 e. The van der Waals surface area contributed by atoms with Gasteiger partial charge in [-0.2, -0.15) is 8.78 Å². The Morgan fingerprint density at radius 2 is 2.05 bits per heavy atom. The van der Waals surface area contributed by atoms with Crippen molar-refractivity contribution in [3.8, 4) is 5.75 Å². The molecule has 0 unspecified atom stereocenters. The van der Waals surface area contributed by atoms with Crippen molar-refractivity contribution in [1.29, 1.82) is 0 Å². The van der Waals surface area contributed by atoms with Crippen molar-refractivity contribution < 1.29 is 18.3 Å². The van der Waals surface area contributed by atoms with Crippen LogP contribution >= 0.6 is 0 Å². The SMILES string of the molecule is CN(CC(=O)NCC1CC1)Cc1ccc(OC(F)F)cc1. The number of ether oxygens (including phenoxy) is 1. The first-order valence-electron chi connectivity index (χ1n) is 7.02. The zero-order valence-corrected chi connectivity index (χ0v) is 12.0. The van der Waals surface area contributed by atoms with Gasteiger partial charge in [0.2, 0.25) is 5.91 Å². The number of benzene rings is 1. The van der Waals surface area contributed by atoms with E-state index in [0.29, 0.717) is 19.0 Å². The van der Waals surface area contributed by atoms with Gasteiger partial charge in [0.05, 0.1) is 6.54 Å². The van der Waals surface area contributed by atoms with Crippen molar-refractivity contribution in [2.24, 2.45) is 5.92 Å². The molecule has 21 heavy (non-hydrogen) atoms. The van der Waals surface area contributed by atoms with Crippen molar-refractivity contribution in [2.45, 2.75) is 26.0 Å². The Morgan fingerprint density at radius 3 is 2.62 bits per heavy atom. The molecule has 1 saturated carbocycles. The highest BCUT2D eigenvalue weighted by molar-refractivity contribution is 5.78. The fourth-order valence-electron chi connectivity index (χ4n) is 2.03. The van der Waals surface area contributed by atoms with Crippen LogP contribution in [0.4, 0.5) is 8.78 Å². The molecule has 0 aliphatic heterocycles. The zero-order valence-electron chi connectivity index (χ0n) is 12.0. The van der Waals surface area contributed by atoms with Gasteiger partial charge in [-0.3, -0.25) is 9.69 Å². The average molecular weight is 298 g/mol. The lowest BCUT2D eigenvalue weighted by Crippen LogP contribution is -2.35. The molecule has 116 valence electrons. The number of alkyl halides is 2. The number of likely N-dealkylation sites (N-methyl/N-ethyl adjacent to an activating group) is 1. The highest BCUT2D eigenvalue weighted by Gasteiger charge is 2.21. The first-order valence-corrected chi connectivity index (χ1v) is 7.02. The van der Waals surface area contributed by atoms with Crippen LogP contribution in [0.25, 0.3) is 0 Å². The number of nitrogens with one attached hydrogen (secondary N) is 1. The van der Waals surface area contributed by atoms with Gasteiger partial charge < -0.3 is 10.1 Å². The molecule has 1 N–H and O–H groups in total. The molecule has 0 saturated heterocycles. The molecular formula is C15H20F2N2O2. The van der Waals surface area contributed by atoms with Crippen LogP contribution in [0, 0.1) is 5.92 Å². The Labute approximate surface area is 123 Å². The first-order chi connectivity index (χ1) is 10.0. The largest absolute Gasteiger partial charge is 0.435 e. The molecule has 0 aromatic heterocycles. The zero-order chi connectivity index (χ0) is 15.2. The maximum atomic E-state index is 12.0. The Kier molecular flexibility index (Phi) is 5.50. The molecule has 0 atom stereocenters. The summed E-state index contributed by atoms with van der Waals surface area (Å²) in [5.41, 5.74) is 0.939. The standard InChI is InChI=1S/C15H20F2N2O2/c1-19(10-14(20)18-8-11-2-3-11)9-12-4-6-13(7-5-12)21-15(16)17/h4-7,11,15H,2-3,8-10H2,1H3,(H,18,20). The van der Waals surface area contributed by atoms with E-state index in [1.807, 2.05) is 11.9 Å². The molecule has 6 heteroatoms. The van der Waals surface area contributed by atoms with Crippen LogP contribution in [-0.2, 0) is 11.3 Å². The molecule has 1 amide bonds. The minimum Gasteiger partial charge on any atom is -0.435 e. The van der Waals surface area contributed by atoms with Gasteiger partial charge >= 0.3 is 6.61 Å². The van der Waals surface area contributed by atoms with Crippen LogP contribution in [0.5, 0.6) is 5.75 Å². The molecule has 1 aliphatic rings. The third-order valence-electron chi connectivity index (χ3n) is 3.30. The summed E-state index contributed by atoms with van der Waals surface area (Å²) in [6, 6.07) is 6.44. The topological polar surface area (TPSA) is 41.6 Å². The summed E-state index contributed by atoms with van der Waals surface area (Å²) in [6.45, 7) is -1.14. The van der Waals surface area contributed by atoms with E-state index in [9.17, 15) is 13.6 Å². The summed E-state index contributed by atoms with van der Waals surface area (Å²) < 4.78 is 28.4. The molecule has 0 heterocycles. The normalized spacial score (nSPS) is 14.5. The van der Waals surface area contributed by atoms with Crippen molar-refractivity contribution in [3.63, 3.8) is 0 Å². The highest BCUT2D eigenvalue weighted by atomic mass is 19.3. The van der Waals surface area contributed by atoms with Crippen LogP contribution < -0.4 is 10.1 Å². The number of carbonyl (C=O) groups is 1. The number of rotatable bonds is 8. The fourth-order valence-corrected chi connectivity index (χ4v) is 2.03. The fraction of sp³-hybridized carbons (Fsp3) is 0.533. The second-order valence-corrected chi connectivity index (χ2v) is 5.44. The summed E-state index contributed by atoms with van der Waals surface area (Å²) in [7, 11) is 1.85. The lowest BCUT2D eigenvalue weighted by molar-refractivity contribution is -0.122. The molecule has 4 nitrogen and oxygen atoms in total. The lowest BCUT2D eigenvalue weighted by atomic mass is 10.2. The Bertz CT molecular complexity index is 461. The molecule has 1 aromatic carbocycles. The van der Waals surface area contributed by atoms with E-state index in [0.717, 1.165) is 12.1 Å². The quantitative estimate of drug-likeness (QED) is 0.800. The number of hydrogen-bond acceptors (Lipinski definition) is 3. The van der Waals surface area contributed by atoms with E-state index in [1.165, 1.54) is 25.0 Å². The molecule has 1 aromatic rings. The van der Waals surface area contributed by atoms with Crippen LogP contribution in [0.15, 0.2) is 24.3 Å². The number of hydrogen-bond donors (Lipinski definition) is 1. The van der Waals surface area contributed by atoms with Crippen molar-refractivity contribution in [2.75, 3.05) is 20.1 Å². The molecule has 0 bridgehead atoms. The maximum absolute atomic E-state index is 12.0. The summed E-state index contributed by atoms with van der Waals surface area (Å²) in [6.07, 6.45) is 2.42. The summed E-state index contributed by atoms with van der Waals surface area (Å²) in [5.74, 6) is 0.822. The summed E-state index contributed by atoms with van der Waals surface area (Å²) >= 11 is 0. The van der Waals surface area contributed by atoms with Gasteiger partial charge in [0, 0.05) is 13.1 Å².